The number of urea groups is 1. The fourth-order valence-corrected chi connectivity index (χ4v) is 3.86. The number of hydrogen-bond donors (Lipinski definition) is 0. The first-order valence-electron chi connectivity index (χ1n) is 8.80. The van der Waals surface area contributed by atoms with E-state index in [1.807, 2.05) is 39.0 Å². The number of para-hydroxylation sites is 2. The van der Waals surface area contributed by atoms with Gasteiger partial charge in [-0.25, -0.2) is 9.18 Å². The summed E-state index contributed by atoms with van der Waals surface area (Å²) in [5.41, 5.74) is 2.87. The molecule has 0 radical (unpaired) electrons. The van der Waals surface area contributed by atoms with Crippen LogP contribution >= 0.6 is 0 Å². The van der Waals surface area contributed by atoms with Crippen LogP contribution in [0.4, 0.5) is 20.6 Å². The monoisotopic (exact) mass is 339 g/mol. The van der Waals surface area contributed by atoms with E-state index in [2.05, 4.69) is 13.0 Å². The number of nitrogens with zero attached hydrogens (tertiary/aromatic N) is 3. The van der Waals surface area contributed by atoms with Crippen molar-refractivity contribution in [2.24, 2.45) is 0 Å². The summed E-state index contributed by atoms with van der Waals surface area (Å²) in [5, 5.41) is 0. The fraction of sp³-hybridized carbons (Fsp3) is 0.350. The van der Waals surface area contributed by atoms with Crippen LogP contribution in [0, 0.1) is 5.82 Å². The maximum atomic E-state index is 14.0. The lowest BCUT2D eigenvalue weighted by molar-refractivity contribution is 0.199. The number of piperazine rings is 1. The van der Waals surface area contributed by atoms with Crippen LogP contribution in [0.2, 0.25) is 0 Å². The van der Waals surface area contributed by atoms with Crippen LogP contribution in [-0.4, -0.2) is 43.2 Å². The van der Waals surface area contributed by atoms with Gasteiger partial charge in [-0.1, -0.05) is 30.3 Å². The summed E-state index contributed by atoms with van der Waals surface area (Å²) < 4.78 is 14.0. The molecule has 130 valence electrons. The number of halogens is 1. The minimum atomic E-state index is -0.204. The third-order valence-electron chi connectivity index (χ3n) is 5.16. The molecule has 0 N–H and O–H groups in total. The van der Waals surface area contributed by atoms with Crippen molar-refractivity contribution >= 4 is 17.4 Å². The summed E-state index contributed by atoms with van der Waals surface area (Å²) in [7, 11) is 0. The number of hydrogen-bond acceptors (Lipinski definition) is 2. The molecule has 2 aliphatic rings. The normalized spacial score (nSPS) is 19.9. The lowest BCUT2D eigenvalue weighted by atomic mass is 10.1. The standard InChI is InChI=1S/C20H22FN3O/c1-15-14-16-6-2-4-8-18(16)24(15)20(25)23-12-10-22(11-13-23)19-9-5-3-7-17(19)21/h2-9,15H,10-14H2,1H3. The van der Waals surface area contributed by atoms with Crippen molar-refractivity contribution in [3.05, 3.63) is 59.9 Å². The molecule has 1 fully saturated rings. The molecule has 25 heavy (non-hydrogen) atoms. The molecular formula is C20H22FN3O. The van der Waals surface area contributed by atoms with Gasteiger partial charge in [-0.15, -0.1) is 0 Å². The van der Waals surface area contributed by atoms with Gasteiger partial charge < -0.3 is 9.80 Å². The molecule has 1 unspecified atom stereocenters. The molecule has 0 aromatic heterocycles. The van der Waals surface area contributed by atoms with E-state index in [-0.39, 0.29) is 17.9 Å². The molecule has 2 heterocycles. The van der Waals surface area contributed by atoms with Gasteiger partial charge in [0, 0.05) is 37.9 Å². The highest BCUT2D eigenvalue weighted by atomic mass is 19.1. The van der Waals surface area contributed by atoms with Gasteiger partial charge in [-0.05, 0) is 37.1 Å². The zero-order valence-corrected chi connectivity index (χ0v) is 14.4. The first-order valence-corrected chi connectivity index (χ1v) is 8.80. The number of anilines is 2. The smallest absolute Gasteiger partial charge is 0.324 e. The molecule has 1 atom stereocenters. The van der Waals surface area contributed by atoms with Crippen LogP contribution in [0.1, 0.15) is 12.5 Å². The van der Waals surface area contributed by atoms with Gasteiger partial charge in [-0.3, -0.25) is 4.90 Å². The molecular weight excluding hydrogens is 317 g/mol. The molecule has 2 aromatic rings. The van der Waals surface area contributed by atoms with Crippen LogP contribution in [0.15, 0.2) is 48.5 Å². The van der Waals surface area contributed by atoms with E-state index in [1.165, 1.54) is 11.6 Å². The van der Waals surface area contributed by atoms with Gasteiger partial charge in [0.1, 0.15) is 5.82 Å². The Morgan fingerprint density at radius 3 is 2.32 bits per heavy atom. The Balaban J connectivity index is 1.46. The summed E-state index contributed by atoms with van der Waals surface area (Å²) >= 11 is 0. The largest absolute Gasteiger partial charge is 0.366 e. The van der Waals surface area contributed by atoms with Gasteiger partial charge in [0.15, 0.2) is 0 Å². The summed E-state index contributed by atoms with van der Waals surface area (Å²) in [6.07, 6.45) is 0.900. The maximum absolute atomic E-state index is 14.0. The van der Waals surface area contributed by atoms with E-state index in [9.17, 15) is 9.18 Å². The van der Waals surface area contributed by atoms with E-state index < -0.39 is 0 Å². The van der Waals surface area contributed by atoms with E-state index >= 15 is 0 Å². The minimum absolute atomic E-state index is 0.0608. The zero-order chi connectivity index (χ0) is 17.4. The highest BCUT2D eigenvalue weighted by Gasteiger charge is 2.34. The molecule has 2 aliphatic heterocycles. The van der Waals surface area contributed by atoms with Gasteiger partial charge in [0.25, 0.3) is 0 Å². The molecule has 4 nitrogen and oxygen atoms in total. The molecule has 5 heteroatoms. The molecule has 0 saturated carbocycles. The third kappa shape index (κ3) is 2.84. The van der Waals surface area contributed by atoms with Gasteiger partial charge in [0.05, 0.1) is 5.69 Å². The predicted octanol–water partition coefficient (Wildman–Crippen LogP) is 3.52. The van der Waals surface area contributed by atoms with Crippen molar-refractivity contribution in [1.82, 2.24) is 4.90 Å². The molecule has 2 amide bonds. The topological polar surface area (TPSA) is 26.8 Å². The second-order valence-corrected chi connectivity index (χ2v) is 6.76. The van der Waals surface area contributed by atoms with E-state index in [0.717, 1.165) is 12.1 Å². The molecule has 2 aromatic carbocycles. The van der Waals surface area contributed by atoms with Crippen molar-refractivity contribution in [2.75, 3.05) is 36.0 Å². The average molecular weight is 339 g/mol. The van der Waals surface area contributed by atoms with Crippen molar-refractivity contribution in [3.63, 3.8) is 0 Å². The van der Waals surface area contributed by atoms with Crippen molar-refractivity contribution in [1.29, 1.82) is 0 Å². The lowest BCUT2D eigenvalue weighted by Gasteiger charge is -2.38. The third-order valence-corrected chi connectivity index (χ3v) is 5.16. The first kappa shape index (κ1) is 15.9. The quantitative estimate of drug-likeness (QED) is 0.795. The number of benzene rings is 2. The summed E-state index contributed by atoms with van der Waals surface area (Å²) in [6.45, 7) is 4.61. The van der Waals surface area contributed by atoms with E-state index in [0.29, 0.717) is 31.9 Å². The molecule has 0 aliphatic carbocycles. The fourth-order valence-electron chi connectivity index (χ4n) is 3.86. The Labute approximate surface area is 147 Å². The van der Waals surface area contributed by atoms with E-state index in [4.69, 9.17) is 0 Å². The average Bonchev–Trinajstić information content (AvgIpc) is 2.97. The Morgan fingerprint density at radius 2 is 1.60 bits per heavy atom. The first-order chi connectivity index (χ1) is 12.1. The lowest BCUT2D eigenvalue weighted by Crippen LogP contribution is -2.54. The molecule has 1 saturated heterocycles. The number of amides is 2. The Kier molecular flexibility index (Phi) is 4.07. The SMILES string of the molecule is CC1Cc2ccccc2N1C(=O)N1CCN(c2ccccc2F)CC1. The van der Waals surface area contributed by atoms with Crippen LogP contribution in [0.5, 0.6) is 0 Å². The summed E-state index contributed by atoms with van der Waals surface area (Å²) in [6, 6.07) is 15.2. The Bertz CT molecular complexity index is 786. The predicted molar refractivity (Wildman–Crippen MR) is 97.7 cm³/mol. The molecule has 0 bridgehead atoms. The number of fused-ring (bicyclic) bond motifs is 1. The zero-order valence-electron chi connectivity index (χ0n) is 14.4. The van der Waals surface area contributed by atoms with Crippen molar-refractivity contribution < 1.29 is 9.18 Å². The Hall–Kier alpha value is -2.56. The second kappa shape index (κ2) is 6.39. The Morgan fingerprint density at radius 1 is 0.960 bits per heavy atom. The highest BCUT2D eigenvalue weighted by molar-refractivity contribution is 5.95. The minimum Gasteiger partial charge on any atom is -0.366 e. The van der Waals surface area contributed by atoms with Crippen LogP contribution < -0.4 is 9.80 Å². The maximum Gasteiger partial charge on any atom is 0.324 e. The van der Waals surface area contributed by atoms with Gasteiger partial charge in [0.2, 0.25) is 0 Å². The summed E-state index contributed by atoms with van der Waals surface area (Å²) in [4.78, 5) is 18.9. The van der Waals surface area contributed by atoms with Crippen LogP contribution in [-0.2, 0) is 6.42 Å². The summed E-state index contributed by atoms with van der Waals surface area (Å²) in [5.74, 6) is -0.204. The van der Waals surface area contributed by atoms with E-state index in [1.54, 1.807) is 12.1 Å². The van der Waals surface area contributed by atoms with Gasteiger partial charge >= 0.3 is 6.03 Å². The van der Waals surface area contributed by atoms with Gasteiger partial charge in [-0.2, -0.15) is 0 Å². The number of rotatable bonds is 1. The highest BCUT2D eigenvalue weighted by Crippen LogP contribution is 2.33. The van der Waals surface area contributed by atoms with Crippen molar-refractivity contribution in [2.45, 2.75) is 19.4 Å². The van der Waals surface area contributed by atoms with Crippen molar-refractivity contribution in [3.8, 4) is 0 Å². The number of carbonyl (C=O) groups excluding carboxylic acids is 1. The van der Waals surface area contributed by atoms with Crippen LogP contribution in [0.25, 0.3) is 0 Å². The second-order valence-electron chi connectivity index (χ2n) is 6.76. The van der Waals surface area contributed by atoms with Crippen LogP contribution in [0.3, 0.4) is 0 Å². The number of carbonyl (C=O) groups is 1. The molecule has 4 rings (SSSR count). The molecule has 0 spiro atoms.